The van der Waals surface area contributed by atoms with Gasteiger partial charge in [0.05, 0.1) is 4.90 Å². The van der Waals surface area contributed by atoms with Crippen LogP contribution in [0.15, 0.2) is 47.4 Å². The fraction of sp³-hybridized carbons (Fsp3) is 0.133. The van der Waals surface area contributed by atoms with E-state index < -0.39 is 32.3 Å². The lowest BCUT2D eigenvalue weighted by Crippen LogP contribution is -2.39. The van der Waals surface area contributed by atoms with Crippen LogP contribution in [0.25, 0.3) is 0 Å². The van der Waals surface area contributed by atoms with Crippen molar-refractivity contribution in [1.29, 1.82) is 0 Å². The number of hydrogen-bond donors (Lipinski definition) is 4. The molecule has 0 bridgehead atoms. The Bertz CT molecular complexity index is 803. The molecule has 0 aliphatic rings. The van der Waals surface area contributed by atoms with E-state index >= 15 is 0 Å². The minimum atomic E-state index is -4.70. The number of quaternary nitrogens is 1. The molecule has 0 aliphatic heterocycles. The Balaban J connectivity index is 0.000000465. The molecule has 0 aliphatic carbocycles. The highest BCUT2D eigenvalue weighted by molar-refractivity contribution is 7.85. The molecule has 0 saturated carbocycles. The maximum Gasteiger partial charge on any atom is 0.339 e. The second-order valence-corrected chi connectivity index (χ2v) is 6.11. The lowest BCUT2D eigenvalue weighted by molar-refractivity contribution is -0.254. The van der Waals surface area contributed by atoms with Crippen LogP contribution in [0.3, 0.4) is 0 Å². The van der Waals surface area contributed by atoms with Crippen molar-refractivity contribution in [3.05, 3.63) is 53.6 Å². The highest BCUT2D eigenvalue weighted by Crippen LogP contribution is 2.20. The van der Waals surface area contributed by atoms with E-state index in [-0.39, 0.29) is 12.1 Å². The topological polar surface area (TPSA) is 194 Å². The minimum Gasteiger partial charge on any atom is -0.744 e. The summed E-state index contributed by atoms with van der Waals surface area (Å²) in [5, 5.41) is 26.1. The maximum absolute atomic E-state index is 10.5. The Morgan fingerprint density at radius 2 is 1.68 bits per heavy atom. The molecule has 0 radical (unpaired) electrons. The summed E-state index contributed by atoms with van der Waals surface area (Å²) in [7, 11) is -4.70. The summed E-state index contributed by atoms with van der Waals surface area (Å²) in [6.45, 7) is 0.219. The lowest BCUT2D eigenvalue weighted by Gasteiger charge is -2.08. The largest absolute Gasteiger partial charge is 0.744 e. The lowest BCUT2D eigenvalue weighted by atomic mass is 10.1. The van der Waals surface area contributed by atoms with Gasteiger partial charge in [-0.15, -0.1) is 0 Å². The molecule has 0 heterocycles. The van der Waals surface area contributed by atoms with E-state index in [1.807, 2.05) is 24.3 Å². The number of rotatable bonds is 4. The van der Waals surface area contributed by atoms with E-state index in [2.05, 4.69) is 5.73 Å². The number of aliphatic hydroxyl groups excluding tert-OH is 1. The molecule has 2 rings (SSSR count). The summed E-state index contributed by atoms with van der Waals surface area (Å²) in [5.74, 6) is -2.10. The SMILES string of the molecule is O.O=C(O)c1cc(S(=O)(=O)[O-])ccc1O.[NH3+]c1ccc(CCO)cc1. The van der Waals surface area contributed by atoms with Crippen molar-refractivity contribution in [2.24, 2.45) is 0 Å². The van der Waals surface area contributed by atoms with E-state index in [1.54, 1.807) is 0 Å². The second-order valence-electron chi connectivity index (χ2n) is 4.73. The van der Waals surface area contributed by atoms with Crippen molar-refractivity contribution in [3.63, 3.8) is 0 Å². The molecule has 2 aromatic carbocycles. The van der Waals surface area contributed by atoms with E-state index in [9.17, 15) is 17.8 Å². The fourth-order valence-corrected chi connectivity index (χ4v) is 2.17. The first-order valence-electron chi connectivity index (χ1n) is 6.69. The van der Waals surface area contributed by atoms with E-state index in [4.69, 9.17) is 15.3 Å². The molecule has 0 amide bonds. The van der Waals surface area contributed by atoms with Crippen molar-refractivity contribution in [2.45, 2.75) is 11.3 Å². The van der Waals surface area contributed by atoms with E-state index in [1.165, 1.54) is 0 Å². The zero-order valence-electron chi connectivity index (χ0n) is 13.0. The summed E-state index contributed by atoms with van der Waals surface area (Å²) < 4.78 is 31.5. The number of aromatic hydroxyl groups is 1. The Hall–Kier alpha value is -2.50. The molecule has 0 saturated heterocycles. The number of aliphatic hydroxyl groups is 1. The van der Waals surface area contributed by atoms with Crippen LogP contribution in [0.2, 0.25) is 0 Å². The molecule has 0 unspecified atom stereocenters. The molecule has 138 valence electrons. The summed E-state index contributed by atoms with van der Waals surface area (Å²) >= 11 is 0. The van der Waals surface area contributed by atoms with Gasteiger partial charge >= 0.3 is 5.97 Å². The van der Waals surface area contributed by atoms with Gasteiger partial charge in [-0.25, -0.2) is 13.2 Å². The second kappa shape index (κ2) is 9.71. The smallest absolute Gasteiger partial charge is 0.339 e. The monoisotopic (exact) mass is 373 g/mol. The summed E-state index contributed by atoms with van der Waals surface area (Å²) in [4.78, 5) is 9.76. The van der Waals surface area contributed by atoms with E-state index in [0.29, 0.717) is 6.07 Å². The predicted octanol–water partition coefficient (Wildman–Crippen LogP) is -0.735. The van der Waals surface area contributed by atoms with Crippen LogP contribution < -0.4 is 5.73 Å². The van der Waals surface area contributed by atoms with Crippen LogP contribution in [0.4, 0.5) is 5.69 Å². The van der Waals surface area contributed by atoms with Gasteiger partial charge in [-0.2, -0.15) is 0 Å². The van der Waals surface area contributed by atoms with Crippen LogP contribution in [0, 0.1) is 0 Å². The van der Waals surface area contributed by atoms with Crippen LogP contribution in [-0.2, 0) is 16.5 Å². The molecule has 9 nitrogen and oxygen atoms in total. The molecule has 0 aromatic heterocycles. The third-order valence-electron chi connectivity index (χ3n) is 2.91. The molecule has 10 heteroatoms. The van der Waals surface area contributed by atoms with Gasteiger partial charge in [0, 0.05) is 6.61 Å². The summed E-state index contributed by atoms with van der Waals surface area (Å²) in [6, 6.07) is 10.2. The number of carboxylic acids is 1. The normalized spacial score (nSPS) is 10.2. The minimum absolute atomic E-state index is 0. The van der Waals surface area contributed by atoms with Gasteiger partial charge in [0.15, 0.2) is 0 Å². The predicted molar refractivity (Wildman–Crippen MR) is 86.4 cm³/mol. The Morgan fingerprint density at radius 1 is 1.12 bits per heavy atom. The number of carboxylic acid groups (broad SMARTS) is 1. The van der Waals surface area contributed by atoms with Crippen LogP contribution in [0.5, 0.6) is 5.75 Å². The molecule has 2 aromatic rings. The third-order valence-corrected chi connectivity index (χ3v) is 3.74. The van der Waals surface area contributed by atoms with Gasteiger partial charge in [0.2, 0.25) is 0 Å². The van der Waals surface area contributed by atoms with Gasteiger partial charge in [-0.3, -0.25) is 0 Å². The maximum atomic E-state index is 10.5. The molecule has 0 atom stereocenters. The first kappa shape index (κ1) is 22.5. The van der Waals surface area contributed by atoms with Gasteiger partial charge in [0.25, 0.3) is 0 Å². The van der Waals surface area contributed by atoms with Crippen molar-refractivity contribution in [3.8, 4) is 5.75 Å². The molecular weight excluding hydrogens is 354 g/mol. The average molecular weight is 373 g/mol. The molecule has 0 spiro atoms. The van der Waals surface area contributed by atoms with Gasteiger partial charge in [-0.05, 0) is 42.3 Å². The third kappa shape index (κ3) is 7.28. The van der Waals surface area contributed by atoms with Gasteiger partial charge < -0.3 is 31.1 Å². The summed E-state index contributed by atoms with van der Waals surface area (Å²) in [6.07, 6.45) is 0.736. The molecule has 8 N–H and O–H groups in total. The fourth-order valence-electron chi connectivity index (χ4n) is 1.68. The standard InChI is InChI=1S/C8H11NO.C7H6O6S.H2O/c9-8-3-1-7(2-4-8)5-6-10;8-6-2-1-4(14(11,12)13)3-5(6)7(9)10;/h1-4,10H,5-6,9H2;1-3,8H,(H,9,10)(H,11,12,13);1H2. The van der Waals surface area contributed by atoms with Crippen molar-refractivity contribution in [2.75, 3.05) is 6.61 Å². The van der Waals surface area contributed by atoms with Gasteiger partial charge in [-0.1, -0.05) is 12.1 Å². The van der Waals surface area contributed by atoms with E-state index in [0.717, 1.165) is 29.8 Å². The number of aromatic carboxylic acids is 1. The number of benzene rings is 2. The molecule has 0 fully saturated rings. The van der Waals surface area contributed by atoms with Crippen molar-refractivity contribution in [1.82, 2.24) is 0 Å². The first-order valence-corrected chi connectivity index (χ1v) is 8.10. The van der Waals surface area contributed by atoms with Crippen LogP contribution in [0.1, 0.15) is 15.9 Å². The zero-order valence-corrected chi connectivity index (χ0v) is 13.9. The molecule has 25 heavy (non-hydrogen) atoms. The average Bonchev–Trinajstić information content (AvgIpc) is 2.49. The Morgan fingerprint density at radius 3 is 2.12 bits per heavy atom. The zero-order chi connectivity index (χ0) is 18.3. The van der Waals surface area contributed by atoms with Crippen LogP contribution in [-0.4, -0.2) is 46.3 Å². The van der Waals surface area contributed by atoms with Gasteiger partial charge in [0.1, 0.15) is 27.1 Å². The van der Waals surface area contributed by atoms with Crippen LogP contribution >= 0.6 is 0 Å². The summed E-state index contributed by atoms with van der Waals surface area (Å²) in [5.41, 5.74) is 5.31. The molecular formula is C15H19NO8S. The first-order chi connectivity index (χ1) is 11.1. The number of hydrogen-bond acceptors (Lipinski definition) is 6. The van der Waals surface area contributed by atoms with Crippen molar-refractivity contribution < 1.29 is 44.3 Å². The van der Waals surface area contributed by atoms with Crippen molar-refractivity contribution >= 4 is 21.8 Å². The Labute approximate surface area is 144 Å². The Kier molecular flexibility index (Phi) is 8.74. The highest BCUT2D eigenvalue weighted by atomic mass is 32.2. The quantitative estimate of drug-likeness (QED) is 0.506. The highest BCUT2D eigenvalue weighted by Gasteiger charge is 2.12. The number of carbonyl (C=O) groups is 1. The number of phenols is 1.